The molecule has 150 valence electrons. The molecule has 1 aromatic heterocycles. The van der Waals surface area contributed by atoms with E-state index in [4.69, 9.17) is 4.74 Å². The number of ether oxygens (including phenoxy) is 1. The molecule has 0 saturated carbocycles. The van der Waals surface area contributed by atoms with E-state index in [9.17, 15) is 24.2 Å². The van der Waals surface area contributed by atoms with E-state index < -0.39 is 17.6 Å². The van der Waals surface area contributed by atoms with Gasteiger partial charge >= 0.3 is 0 Å². The van der Waals surface area contributed by atoms with Crippen LogP contribution in [0.15, 0.2) is 52.7 Å². The highest BCUT2D eigenvalue weighted by Crippen LogP contribution is 2.37. The van der Waals surface area contributed by atoms with Crippen molar-refractivity contribution in [1.29, 1.82) is 0 Å². The van der Waals surface area contributed by atoms with Crippen LogP contribution in [0, 0.1) is 5.82 Å². The average Bonchev–Trinajstić information content (AvgIpc) is 2.96. The molecule has 1 heterocycles. The highest BCUT2D eigenvalue weighted by molar-refractivity contribution is 6.03. The number of nitrogens with zero attached hydrogens (tertiary/aromatic N) is 3. The van der Waals surface area contributed by atoms with Gasteiger partial charge in [-0.3, -0.25) is 14.2 Å². The number of methoxy groups -OCH3 is 1. The number of carbonyl (C=O) groups excluding carboxylic acids is 2. The van der Waals surface area contributed by atoms with Gasteiger partial charge in [-0.2, -0.15) is 0 Å². The third kappa shape index (κ3) is 4.14. The Kier molecular flexibility index (Phi) is 5.99. The van der Waals surface area contributed by atoms with Crippen LogP contribution in [0.4, 0.5) is 4.39 Å². The van der Waals surface area contributed by atoms with E-state index in [1.165, 1.54) is 41.0 Å². The SMILES string of the molecule is COCCCn1c(O)c2ccc(C(=O)N=NC(=O)c3ccccc3F)cc2c1O. The van der Waals surface area contributed by atoms with Gasteiger partial charge in [-0.25, -0.2) is 4.39 Å². The van der Waals surface area contributed by atoms with E-state index in [1.807, 2.05) is 0 Å². The van der Waals surface area contributed by atoms with Crippen molar-refractivity contribution < 1.29 is 28.9 Å². The molecule has 29 heavy (non-hydrogen) atoms. The minimum atomic E-state index is -0.984. The van der Waals surface area contributed by atoms with Gasteiger partial charge in [0.25, 0.3) is 11.8 Å². The number of fused-ring (bicyclic) bond motifs is 1. The molecule has 9 heteroatoms. The van der Waals surface area contributed by atoms with Crippen molar-refractivity contribution in [3.8, 4) is 11.8 Å². The number of hydrogen-bond donors (Lipinski definition) is 2. The Morgan fingerprint density at radius 1 is 1.03 bits per heavy atom. The summed E-state index contributed by atoms with van der Waals surface area (Å²) in [5, 5.41) is 27.9. The van der Waals surface area contributed by atoms with E-state index >= 15 is 0 Å². The first-order valence-corrected chi connectivity index (χ1v) is 8.72. The molecule has 0 atom stereocenters. The Hall–Kier alpha value is -3.59. The van der Waals surface area contributed by atoms with Gasteiger partial charge in [0.1, 0.15) is 5.82 Å². The molecular weight excluding hydrogens is 381 g/mol. The second kappa shape index (κ2) is 8.61. The monoisotopic (exact) mass is 399 g/mol. The van der Waals surface area contributed by atoms with E-state index in [0.29, 0.717) is 25.0 Å². The maximum absolute atomic E-state index is 13.6. The third-order valence-electron chi connectivity index (χ3n) is 4.33. The molecule has 0 aliphatic carbocycles. The lowest BCUT2D eigenvalue weighted by Gasteiger charge is -2.05. The second-order valence-electron chi connectivity index (χ2n) is 6.20. The van der Waals surface area contributed by atoms with E-state index in [0.717, 1.165) is 6.07 Å². The number of amides is 2. The standard InChI is InChI=1S/C20H18FN3O5/c1-29-10-4-9-24-19(27)13-8-7-12(11-15(13)20(24)28)17(25)22-23-18(26)14-5-2-3-6-16(14)21/h2-3,5-8,11,27-28H,4,9-10H2,1H3. The zero-order valence-corrected chi connectivity index (χ0v) is 15.5. The topological polar surface area (TPSA) is 113 Å². The van der Waals surface area contributed by atoms with Crippen molar-refractivity contribution in [1.82, 2.24) is 4.57 Å². The number of azo groups is 1. The van der Waals surface area contributed by atoms with Crippen LogP contribution >= 0.6 is 0 Å². The minimum absolute atomic E-state index is 0.0481. The number of aromatic nitrogens is 1. The van der Waals surface area contributed by atoms with Crippen LogP contribution in [0.2, 0.25) is 0 Å². The summed E-state index contributed by atoms with van der Waals surface area (Å²) in [4.78, 5) is 24.2. The lowest BCUT2D eigenvalue weighted by atomic mass is 10.1. The smallest absolute Gasteiger partial charge is 0.298 e. The van der Waals surface area contributed by atoms with E-state index in [2.05, 4.69) is 10.2 Å². The Bertz CT molecular complexity index is 1110. The number of benzene rings is 2. The lowest BCUT2D eigenvalue weighted by Crippen LogP contribution is -2.00. The molecule has 0 radical (unpaired) electrons. The molecule has 2 amide bonds. The van der Waals surface area contributed by atoms with Crippen molar-refractivity contribution >= 4 is 22.6 Å². The number of halogens is 1. The predicted molar refractivity (Wildman–Crippen MR) is 102 cm³/mol. The molecule has 2 N–H and O–H groups in total. The summed E-state index contributed by atoms with van der Waals surface area (Å²) in [6.07, 6.45) is 0.566. The molecule has 3 aromatic rings. The third-order valence-corrected chi connectivity index (χ3v) is 4.33. The van der Waals surface area contributed by atoms with Crippen LogP contribution in [0.25, 0.3) is 10.8 Å². The Morgan fingerprint density at radius 3 is 2.45 bits per heavy atom. The molecule has 3 rings (SSSR count). The summed E-state index contributed by atoms with van der Waals surface area (Å²) < 4.78 is 19.9. The first-order chi connectivity index (χ1) is 13.9. The quantitative estimate of drug-likeness (QED) is 0.485. The summed E-state index contributed by atoms with van der Waals surface area (Å²) >= 11 is 0. The van der Waals surface area contributed by atoms with Gasteiger partial charge in [0.05, 0.1) is 5.56 Å². The van der Waals surface area contributed by atoms with Crippen molar-refractivity contribution in [2.24, 2.45) is 10.2 Å². The highest BCUT2D eigenvalue weighted by Gasteiger charge is 2.18. The summed E-state index contributed by atoms with van der Waals surface area (Å²) in [5.74, 6) is -2.93. The maximum atomic E-state index is 13.6. The van der Waals surface area contributed by atoms with Crippen LogP contribution in [-0.4, -0.2) is 40.3 Å². The summed E-state index contributed by atoms with van der Waals surface area (Å²) in [6, 6.07) is 9.41. The van der Waals surface area contributed by atoms with E-state index in [1.54, 1.807) is 7.11 Å². The summed E-state index contributed by atoms with van der Waals surface area (Å²) in [5.41, 5.74) is -0.248. The fraction of sp³-hybridized carbons (Fsp3) is 0.200. The van der Waals surface area contributed by atoms with Crippen LogP contribution in [0.5, 0.6) is 11.8 Å². The van der Waals surface area contributed by atoms with Gasteiger partial charge in [-0.05, 0) is 36.8 Å². The van der Waals surface area contributed by atoms with Gasteiger partial charge in [-0.15, -0.1) is 10.2 Å². The van der Waals surface area contributed by atoms with Crippen LogP contribution in [-0.2, 0) is 11.3 Å². The van der Waals surface area contributed by atoms with Crippen LogP contribution in [0.1, 0.15) is 27.1 Å². The Balaban J connectivity index is 1.84. The number of hydrogen-bond acceptors (Lipinski definition) is 5. The molecule has 0 spiro atoms. The molecule has 0 aliphatic rings. The van der Waals surface area contributed by atoms with Gasteiger partial charge in [-0.1, -0.05) is 12.1 Å². The average molecular weight is 399 g/mol. The molecular formula is C20H18FN3O5. The van der Waals surface area contributed by atoms with E-state index in [-0.39, 0.29) is 28.3 Å². The van der Waals surface area contributed by atoms with Gasteiger partial charge in [0, 0.05) is 36.6 Å². The van der Waals surface area contributed by atoms with Crippen molar-refractivity contribution in [3.05, 3.63) is 59.4 Å². The fourth-order valence-electron chi connectivity index (χ4n) is 2.86. The Morgan fingerprint density at radius 2 is 1.72 bits per heavy atom. The van der Waals surface area contributed by atoms with Gasteiger partial charge < -0.3 is 14.9 Å². The lowest BCUT2D eigenvalue weighted by molar-refractivity contribution is 0.0944. The van der Waals surface area contributed by atoms with Crippen molar-refractivity contribution in [3.63, 3.8) is 0 Å². The van der Waals surface area contributed by atoms with Crippen molar-refractivity contribution in [2.75, 3.05) is 13.7 Å². The highest BCUT2D eigenvalue weighted by atomic mass is 19.1. The van der Waals surface area contributed by atoms with Gasteiger partial charge in [0.2, 0.25) is 11.8 Å². The summed E-state index contributed by atoms with van der Waals surface area (Å²) in [7, 11) is 1.55. The predicted octanol–water partition coefficient (Wildman–Crippen LogP) is 3.66. The van der Waals surface area contributed by atoms with Gasteiger partial charge in [0.15, 0.2) is 0 Å². The minimum Gasteiger partial charge on any atom is -0.494 e. The summed E-state index contributed by atoms with van der Waals surface area (Å²) in [6.45, 7) is 0.772. The zero-order valence-electron chi connectivity index (χ0n) is 15.5. The van der Waals surface area contributed by atoms with Crippen LogP contribution < -0.4 is 0 Å². The van der Waals surface area contributed by atoms with Crippen molar-refractivity contribution in [2.45, 2.75) is 13.0 Å². The fourth-order valence-corrected chi connectivity index (χ4v) is 2.86. The Labute approximate surface area is 164 Å². The maximum Gasteiger partial charge on any atom is 0.298 e. The number of rotatable bonds is 6. The first-order valence-electron chi connectivity index (χ1n) is 8.72. The first kappa shape index (κ1) is 20.2. The molecule has 0 unspecified atom stereocenters. The molecule has 0 bridgehead atoms. The number of carbonyl (C=O) groups is 2. The molecule has 0 aliphatic heterocycles. The zero-order chi connectivity index (χ0) is 21.0. The number of aromatic hydroxyl groups is 2. The molecule has 2 aromatic carbocycles. The molecule has 8 nitrogen and oxygen atoms in total. The molecule has 0 fully saturated rings. The molecule has 0 saturated heterocycles. The largest absolute Gasteiger partial charge is 0.494 e. The normalized spacial score (nSPS) is 11.4. The van der Waals surface area contributed by atoms with Crippen LogP contribution in [0.3, 0.4) is 0 Å². The second-order valence-corrected chi connectivity index (χ2v) is 6.20.